The summed E-state index contributed by atoms with van der Waals surface area (Å²) in [6, 6.07) is 26.0. The second-order valence-corrected chi connectivity index (χ2v) is 10.0. The molecule has 37 heavy (non-hydrogen) atoms. The van der Waals surface area contributed by atoms with Gasteiger partial charge in [0.15, 0.2) is 5.78 Å². The quantitative estimate of drug-likeness (QED) is 0.312. The molecule has 0 bridgehead atoms. The van der Waals surface area contributed by atoms with Crippen LogP contribution in [0.5, 0.6) is 0 Å². The number of rotatable bonds is 8. The topological polar surface area (TPSA) is 73.9 Å². The first kappa shape index (κ1) is 26.4. The van der Waals surface area contributed by atoms with Crippen LogP contribution in [0.2, 0.25) is 0 Å². The zero-order valence-electron chi connectivity index (χ0n) is 21.7. The van der Waals surface area contributed by atoms with Gasteiger partial charge in [-0.1, -0.05) is 91.0 Å². The molecule has 0 unspecified atom stereocenters. The average molecular weight is 497 g/mol. The van der Waals surface area contributed by atoms with Crippen molar-refractivity contribution in [1.29, 1.82) is 0 Å². The summed E-state index contributed by atoms with van der Waals surface area (Å²) in [7, 11) is -0.648. The molecule has 1 heterocycles. The maximum atomic E-state index is 12.8. The summed E-state index contributed by atoms with van der Waals surface area (Å²) in [6.07, 6.45) is 1.38. The summed E-state index contributed by atoms with van der Waals surface area (Å²) in [6.45, 7) is 8.28. The van der Waals surface area contributed by atoms with E-state index in [-0.39, 0.29) is 18.9 Å². The number of ketones is 1. The van der Waals surface area contributed by atoms with E-state index in [1.807, 2.05) is 94.4 Å². The van der Waals surface area contributed by atoms with Gasteiger partial charge in [0.25, 0.3) is 0 Å². The largest absolute Gasteiger partial charge is 0.492 e. The van der Waals surface area contributed by atoms with E-state index in [1.165, 1.54) is 0 Å². The van der Waals surface area contributed by atoms with Crippen LogP contribution in [0.4, 0.5) is 4.79 Å². The lowest BCUT2D eigenvalue weighted by Gasteiger charge is -2.32. The molecular weight excluding hydrogens is 465 g/mol. The van der Waals surface area contributed by atoms with Gasteiger partial charge in [-0.3, -0.25) is 4.79 Å². The number of ether oxygens (including phenoxy) is 1. The van der Waals surface area contributed by atoms with Crippen LogP contribution < -0.4 is 5.32 Å². The van der Waals surface area contributed by atoms with Gasteiger partial charge in [-0.15, -0.1) is 0 Å². The Balaban J connectivity index is 1.49. The van der Waals surface area contributed by atoms with Gasteiger partial charge in [0.05, 0.1) is 11.2 Å². The van der Waals surface area contributed by atoms with Crippen LogP contribution in [0, 0.1) is 0 Å². The molecule has 0 aliphatic carbocycles. The van der Waals surface area contributed by atoms with E-state index < -0.39 is 24.4 Å². The Morgan fingerprint density at radius 3 is 1.95 bits per heavy atom. The number of carbonyl (C=O) groups excluding carboxylic acids is 2. The number of amides is 1. The molecule has 0 aromatic heterocycles. The Hall–Kier alpha value is -3.68. The zero-order valence-corrected chi connectivity index (χ0v) is 21.7. The van der Waals surface area contributed by atoms with Gasteiger partial charge >= 0.3 is 13.2 Å². The van der Waals surface area contributed by atoms with E-state index in [2.05, 4.69) is 5.32 Å². The van der Waals surface area contributed by atoms with Crippen LogP contribution in [0.1, 0.15) is 54.7 Å². The van der Waals surface area contributed by atoms with Crippen molar-refractivity contribution in [1.82, 2.24) is 5.32 Å². The van der Waals surface area contributed by atoms with Gasteiger partial charge in [0.1, 0.15) is 6.61 Å². The fourth-order valence-corrected chi connectivity index (χ4v) is 3.85. The summed E-state index contributed by atoms with van der Waals surface area (Å²) in [5.74, 6) is -0.0369. The molecule has 0 saturated carbocycles. The highest BCUT2D eigenvalue weighted by Gasteiger charge is 2.52. The monoisotopic (exact) mass is 497 g/mol. The minimum absolute atomic E-state index is 0.0369. The zero-order chi connectivity index (χ0) is 26.5. The molecule has 190 valence electrons. The highest BCUT2D eigenvalue weighted by Crippen LogP contribution is 2.38. The molecule has 7 heteroatoms. The minimum Gasteiger partial charge on any atom is -0.445 e. The van der Waals surface area contributed by atoms with E-state index >= 15 is 0 Å². The van der Waals surface area contributed by atoms with E-state index in [0.717, 1.165) is 16.6 Å². The van der Waals surface area contributed by atoms with Crippen molar-refractivity contribution in [2.45, 2.75) is 45.5 Å². The maximum absolute atomic E-state index is 12.8. The smallest absolute Gasteiger partial charge is 0.445 e. The summed E-state index contributed by atoms with van der Waals surface area (Å²) < 4.78 is 17.8. The van der Waals surface area contributed by atoms with E-state index in [4.69, 9.17) is 14.0 Å². The SMILES string of the molecule is CC1(C)OB(C(=Cc2ccc(C(=O)c3ccccc3)cc2)CNC(=O)OCc2ccccc2)OC1(C)C. The highest BCUT2D eigenvalue weighted by molar-refractivity contribution is 6.56. The molecule has 1 saturated heterocycles. The van der Waals surface area contributed by atoms with Crippen molar-refractivity contribution < 1.29 is 23.6 Å². The first-order valence-corrected chi connectivity index (χ1v) is 12.4. The number of nitrogens with one attached hydrogen (secondary N) is 1. The van der Waals surface area contributed by atoms with Gasteiger partial charge in [0.2, 0.25) is 0 Å². The highest BCUT2D eigenvalue weighted by atomic mass is 16.7. The molecule has 0 atom stereocenters. The van der Waals surface area contributed by atoms with Crippen molar-refractivity contribution in [3.05, 3.63) is 113 Å². The number of hydrogen-bond acceptors (Lipinski definition) is 5. The summed E-state index contributed by atoms with van der Waals surface area (Å²) in [5.41, 5.74) is 2.67. The van der Waals surface area contributed by atoms with Crippen LogP contribution in [-0.4, -0.2) is 36.7 Å². The van der Waals surface area contributed by atoms with Gasteiger partial charge in [-0.2, -0.15) is 0 Å². The molecule has 3 aromatic rings. The lowest BCUT2D eigenvalue weighted by atomic mass is 9.77. The lowest BCUT2D eigenvalue weighted by molar-refractivity contribution is 0.00578. The fraction of sp³-hybridized carbons (Fsp3) is 0.267. The number of alkyl carbamates (subject to hydrolysis) is 1. The Kier molecular flexibility index (Phi) is 7.96. The van der Waals surface area contributed by atoms with Crippen LogP contribution in [0.3, 0.4) is 0 Å². The molecule has 1 N–H and O–H groups in total. The lowest BCUT2D eigenvalue weighted by Crippen LogP contribution is -2.41. The first-order chi connectivity index (χ1) is 17.6. The van der Waals surface area contributed by atoms with Gasteiger partial charge < -0.3 is 19.4 Å². The summed E-state index contributed by atoms with van der Waals surface area (Å²) >= 11 is 0. The van der Waals surface area contributed by atoms with Crippen molar-refractivity contribution in [3.8, 4) is 0 Å². The van der Waals surface area contributed by atoms with Crippen LogP contribution in [-0.2, 0) is 20.7 Å². The molecule has 4 rings (SSSR count). The maximum Gasteiger partial charge on any atom is 0.492 e. The molecule has 0 radical (unpaired) electrons. The van der Waals surface area contributed by atoms with Crippen molar-refractivity contribution in [2.24, 2.45) is 0 Å². The van der Waals surface area contributed by atoms with E-state index in [9.17, 15) is 9.59 Å². The number of hydrogen-bond donors (Lipinski definition) is 1. The van der Waals surface area contributed by atoms with E-state index in [1.54, 1.807) is 24.3 Å². The van der Waals surface area contributed by atoms with Gasteiger partial charge in [-0.25, -0.2) is 4.79 Å². The second kappa shape index (κ2) is 11.2. The Morgan fingerprint density at radius 2 is 1.35 bits per heavy atom. The predicted molar refractivity (Wildman–Crippen MR) is 145 cm³/mol. The molecule has 3 aromatic carbocycles. The fourth-order valence-electron chi connectivity index (χ4n) is 3.85. The number of benzene rings is 3. The number of carbonyl (C=O) groups is 2. The third-order valence-electron chi connectivity index (χ3n) is 6.77. The Bertz CT molecular complexity index is 1240. The predicted octanol–water partition coefficient (Wildman–Crippen LogP) is 5.86. The molecule has 1 fully saturated rings. The molecule has 1 aliphatic rings. The minimum atomic E-state index is -0.648. The van der Waals surface area contributed by atoms with Crippen molar-refractivity contribution in [2.75, 3.05) is 6.54 Å². The summed E-state index contributed by atoms with van der Waals surface area (Å²) in [5, 5.41) is 2.81. The third kappa shape index (κ3) is 6.56. The van der Waals surface area contributed by atoms with Gasteiger partial charge in [0, 0.05) is 17.7 Å². The first-order valence-electron chi connectivity index (χ1n) is 12.4. The van der Waals surface area contributed by atoms with Crippen LogP contribution in [0.15, 0.2) is 90.4 Å². The van der Waals surface area contributed by atoms with Gasteiger partial charge in [-0.05, 0) is 44.3 Å². The van der Waals surface area contributed by atoms with Crippen LogP contribution in [0.25, 0.3) is 6.08 Å². The average Bonchev–Trinajstić information content (AvgIpc) is 3.12. The standard InChI is InChI=1S/C30H32BNO5/c1-29(2)30(3,4)37-31(36-29)26(20-32-28(34)35-21-23-11-7-5-8-12-23)19-22-15-17-25(18-16-22)27(33)24-13-9-6-10-14-24/h5-19H,20-21H2,1-4H3,(H,32,34). The normalized spacial score (nSPS) is 16.3. The second-order valence-electron chi connectivity index (χ2n) is 10.0. The molecule has 1 aliphatic heterocycles. The molecule has 0 spiro atoms. The molecule has 1 amide bonds. The van der Waals surface area contributed by atoms with Crippen molar-refractivity contribution in [3.63, 3.8) is 0 Å². The third-order valence-corrected chi connectivity index (χ3v) is 6.77. The molecule has 6 nitrogen and oxygen atoms in total. The van der Waals surface area contributed by atoms with Crippen LogP contribution >= 0.6 is 0 Å². The Labute approximate surface area is 218 Å². The van der Waals surface area contributed by atoms with E-state index in [0.29, 0.717) is 11.1 Å². The summed E-state index contributed by atoms with van der Waals surface area (Å²) in [4.78, 5) is 25.2. The van der Waals surface area contributed by atoms with Crippen molar-refractivity contribution >= 4 is 25.1 Å². The molecular formula is C30H32BNO5. The Morgan fingerprint density at radius 1 is 0.811 bits per heavy atom.